The van der Waals surface area contributed by atoms with Crippen molar-refractivity contribution in [2.24, 2.45) is 5.73 Å². The minimum absolute atomic E-state index is 0.00616. The molecule has 0 aromatic carbocycles. The zero-order valence-corrected chi connectivity index (χ0v) is 5.24. The smallest absolute Gasteiger partial charge is 0.269 e. The van der Waals surface area contributed by atoms with Gasteiger partial charge in [0.1, 0.15) is 0 Å². The molecule has 0 unspecified atom stereocenters. The number of aromatic nitrogens is 2. The van der Waals surface area contributed by atoms with Crippen LogP contribution in [0.15, 0.2) is 12.3 Å². The SMILES string of the molecule is [2H]Cc1ccnnc1C(N)=O. The van der Waals surface area contributed by atoms with E-state index in [1.165, 1.54) is 6.20 Å². The average Bonchev–Trinajstić information content (AvgIpc) is 2.04. The first-order valence-electron chi connectivity index (χ1n) is 3.36. The predicted molar refractivity (Wildman–Crippen MR) is 35.3 cm³/mol. The van der Waals surface area contributed by atoms with Crippen LogP contribution in [-0.2, 0) is 0 Å². The fourth-order valence-electron chi connectivity index (χ4n) is 0.565. The van der Waals surface area contributed by atoms with Crippen molar-refractivity contribution in [2.45, 2.75) is 6.90 Å². The molecule has 0 fully saturated rings. The molecule has 0 saturated carbocycles. The zero-order chi connectivity index (χ0) is 8.27. The Morgan fingerprint density at radius 3 is 3.20 bits per heavy atom. The molecule has 0 atom stereocenters. The Hall–Kier alpha value is -1.45. The maximum Gasteiger partial charge on any atom is 0.269 e. The van der Waals surface area contributed by atoms with Crippen LogP contribution in [0.4, 0.5) is 0 Å². The summed E-state index contributed by atoms with van der Waals surface area (Å²) in [6.45, 7) is -0.00616. The van der Waals surface area contributed by atoms with Gasteiger partial charge in [-0.05, 0) is 18.5 Å². The highest BCUT2D eigenvalue weighted by atomic mass is 16.1. The topological polar surface area (TPSA) is 68.9 Å². The summed E-state index contributed by atoms with van der Waals surface area (Å²) >= 11 is 0. The number of carbonyl (C=O) groups is 1. The number of amides is 1. The van der Waals surface area contributed by atoms with E-state index in [0.29, 0.717) is 5.56 Å². The van der Waals surface area contributed by atoms with Crippen molar-refractivity contribution >= 4 is 5.91 Å². The van der Waals surface area contributed by atoms with Crippen molar-refractivity contribution in [3.63, 3.8) is 0 Å². The van der Waals surface area contributed by atoms with Gasteiger partial charge < -0.3 is 5.73 Å². The molecule has 1 amide bonds. The first kappa shape index (κ1) is 5.34. The van der Waals surface area contributed by atoms with Crippen LogP contribution < -0.4 is 5.73 Å². The number of nitrogens with zero attached hydrogens (tertiary/aromatic N) is 2. The van der Waals surface area contributed by atoms with Gasteiger partial charge in [0.05, 0.1) is 0 Å². The molecule has 0 aliphatic heterocycles. The van der Waals surface area contributed by atoms with Crippen molar-refractivity contribution in [3.05, 3.63) is 23.5 Å². The third kappa shape index (κ3) is 1.10. The predicted octanol–water partition coefficient (Wildman–Crippen LogP) is -0.116. The first-order valence-corrected chi connectivity index (χ1v) is 2.65. The van der Waals surface area contributed by atoms with E-state index in [2.05, 4.69) is 10.2 Å². The number of hydrogen-bond donors (Lipinski definition) is 1. The molecule has 0 aliphatic carbocycles. The number of primary amides is 1. The number of hydrogen-bond acceptors (Lipinski definition) is 3. The molecule has 1 heterocycles. The maximum absolute atomic E-state index is 10.6. The van der Waals surface area contributed by atoms with Crippen molar-refractivity contribution in [2.75, 3.05) is 0 Å². The fraction of sp³-hybridized carbons (Fsp3) is 0.167. The van der Waals surface area contributed by atoms with E-state index in [1.807, 2.05) is 0 Å². The summed E-state index contributed by atoms with van der Waals surface area (Å²) in [5.74, 6) is -0.639. The highest BCUT2D eigenvalue weighted by Crippen LogP contribution is 1.98. The lowest BCUT2D eigenvalue weighted by Gasteiger charge is -1.94. The van der Waals surface area contributed by atoms with E-state index in [9.17, 15) is 4.79 Å². The van der Waals surface area contributed by atoms with Crippen LogP contribution in [0.25, 0.3) is 0 Å². The van der Waals surface area contributed by atoms with Gasteiger partial charge in [-0.1, -0.05) is 0 Å². The first-order chi connectivity index (χ1) is 5.25. The van der Waals surface area contributed by atoms with Crippen LogP contribution in [0.3, 0.4) is 0 Å². The van der Waals surface area contributed by atoms with Gasteiger partial charge in [0.25, 0.3) is 5.91 Å². The van der Waals surface area contributed by atoms with E-state index >= 15 is 0 Å². The van der Waals surface area contributed by atoms with E-state index < -0.39 is 5.91 Å². The lowest BCUT2D eigenvalue weighted by Crippen LogP contribution is -2.15. The van der Waals surface area contributed by atoms with Crippen LogP contribution in [0.5, 0.6) is 0 Å². The number of rotatable bonds is 1. The molecule has 1 aromatic rings. The standard InChI is InChI=1S/C6H7N3O/c1-4-2-3-8-9-5(4)6(7)10/h2-3H,1H3,(H2,7,10)/i1D. The molecule has 0 radical (unpaired) electrons. The molecule has 52 valence electrons. The molecule has 0 aliphatic rings. The van der Waals surface area contributed by atoms with E-state index in [-0.39, 0.29) is 12.6 Å². The highest BCUT2D eigenvalue weighted by molar-refractivity contribution is 5.91. The van der Waals surface area contributed by atoms with Crippen molar-refractivity contribution < 1.29 is 6.17 Å². The van der Waals surface area contributed by atoms with Crippen LogP contribution in [0, 0.1) is 6.90 Å². The minimum atomic E-state index is -0.639. The molecule has 4 heteroatoms. The molecule has 4 nitrogen and oxygen atoms in total. The van der Waals surface area contributed by atoms with Gasteiger partial charge in [-0.25, -0.2) is 0 Å². The van der Waals surface area contributed by atoms with Crippen molar-refractivity contribution in [3.8, 4) is 0 Å². The fourth-order valence-corrected chi connectivity index (χ4v) is 0.565. The van der Waals surface area contributed by atoms with Gasteiger partial charge in [-0.15, -0.1) is 5.10 Å². The highest BCUT2D eigenvalue weighted by Gasteiger charge is 2.04. The summed E-state index contributed by atoms with van der Waals surface area (Å²) in [6.07, 6.45) is 1.43. The molecule has 2 N–H and O–H groups in total. The molecule has 0 bridgehead atoms. The number of nitrogens with two attached hydrogens (primary N) is 1. The van der Waals surface area contributed by atoms with Crippen LogP contribution in [0.2, 0.25) is 0 Å². The van der Waals surface area contributed by atoms with Gasteiger partial charge in [0, 0.05) is 7.57 Å². The molecule has 1 rings (SSSR count). The maximum atomic E-state index is 10.6. The van der Waals surface area contributed by atoms with E-state index in [1.54, 1.807) is 6.07 Å². The van der Waals surface area contributed by atoms with Gasteiger partial charge >= 0.3 is 0 Å². The normalized spacial score (nSPS) is 10.6. The van der Waals surface area contributed by atoms with Crippen molar-refractivity contribution in [1.82, 2.24) is 10.2 Å². The van der Waals surface area contributed by atoms with Crippen LogP contribution >= 0.6 is 0 Å². The molecular formula is C6H7N3O. The second-order valence-corrected chi connectivity index (χ2v) is 1.77. The molecule has 1 aromatic heterocycles. The number of carbonyl (C=O) groups excluding carboxylic acids is 1. The third-order valence-electron chi connectivity index (χ3n) is 1.04. The second-order valence-electron chi connectivity index (χ2n) is 1.77. The largest absolute Gasteiger partial charge is 0.364 e. The lowest BCUT2D eigenvalue weighted by atomic mass is 10.2. The molecule has 10 heavy (non-hydrogen) atoms. The van der Waals surface area contributed by atoms with Crippen LogP contribution in [0.1, 0.15) is 17.4 Å². The molecule has 0 spiro atoms. The molecular weight excluding hydrogens is 130 g/mol. The summed E-state index contributed by atoms with van der Waals surface area (Å²) in [5, 5.41) is 6.98. The third-order valence-corrected chi connectivity index (χ3v) is 1.04. The van der Waals surface area contributed by atoms with Gasteiger partial charge in [-0.3, -0.25) is 4.79 Å². The number of aryl methyl sites for hydroxylation is 1. The Labute approximate surface area is 59.5 Å². The molecule has 0 saturated heterocycles. The van der Waals surface area contributed by atoms with Gasteiger partial charge in [0.2, 0.25) is 0 Å². The Kier molecular flexibility index (Phi) is 1.30. The summed E-state index contributed by atoms with van der Waals surface area (Å²) in [5.41, 5.74) is 5.56. The van der Waals surface area contributed by atoms with Crippen LogP contribution in [-0.4, -0.2) is 16.1 Å². The summed E-state index contributed by atoms with van der Waals surface area (Å²) in [4.78, 5) is 10.6. The van der Waals surface area contributed by atoms with E-state index in [0.717, 1.165) is 0 Å². The summed E-state index contributed by atoms with van der Waals surface area (Å²) in [6, 6.07) is 1.56. The second kappa shape index (κ2) is 2.43. The lowest BCUT2D eigenvalue weighted by molar-refractivity contribution is 0.0994. The Bertz CT molecular complexity index is 276. The minimum Gasteiger partial charge on any atom is -0.364 e. The summed E-state index contributed by atoms with van der Waals surface area (Å²) < 4.78 is 7.00. The van der Waals surface area contributed by atoms with Crippen molar-refractivity contribution in [1.29, 1.82) is 0 Å². The monoisotopic (exact) mass is 138 g/mol. The van der Waals surface area contributed by atoms with E-state index in [4.69, 9.17) is 7.10 Å². The van der Waals surface area contributed by atoms with Gasteiger partial charge in [0.15, 0.2) is 5.69 Å². The van der Waals surface area contributed by atoms with Gasteiger partial charge in [-0.2, -0.15) is 5.10 Å². The Morgan fingerprint density at radius 1 is 1.90 bits per heavy atom. The quantitative estimate of drug-likeness (QED) is 0.588. The zero-order valence-electron chi connectivity index (χ0n) is 6.24. The Balaban J connectivity index is 3.12. The average molecular weight is 138 g/mol. The summed E-state index contributed by atoms with van der Waals surface area (Å²) in [7, 11) is 0. The Morgan fingerprint density at radius 2 is 2.70 bits per heavy atom.